The minimum atomic E-state index is -0.0366. The number of imidazole rings is 1. The monoisotopic (exact) mass is 361 g/mol. The van der Waals surface area contributed by atoms with Crippen LogP contribution in [-0.2, 0) is 6.54 Å². The third kappa shape index (κ3) is 4.45. The third-order valence-corrected chi connectivity index (χ3v) is 5.14. The maximum Gasteiger partial charge on any atom is 0.251 e. The molecule has 0 aliphatic heterocycles. The van der Waals surface area contributed by atoms with E-state index in [1.807, 2.05) is 37.4 Å². The Morgan fingerprint density at radius 1 is 1.07 bits per heavy atom. The van der Waals surface area contributed by atoms with Crippen LogP contribution in [0.1, 0.15) is 57.8 Å². The molecule has 3 rings (SSSR count). The van der Waals surface area contributed by atoms with Gasteiger partial charge in [0.05, 0.1) is 6.04 Å². The highest BCUT2D eigenvalue weighted by Crippen LogP contribution is 2.20. The van der Waals surface area contributed by atoms with Crippen LogP contribution in [0.25, 0.3) is 0 Å². The first kappa shape index (κ1) is 18.9. The fourth-order valence-electron chi connectivity index (χ4n) is 3.17. The molecular weight excluding hydrogens is 334 g/mol. The van der Waals surface area contributed by atoms with Crippen LogP contribution in [0.15, 0.2) is 54.9 Å². The van der Waals surface area contributed by atoms with Gasteiger partial charge in [0.25, 0.3) is 5.91 Å². The molecule has 0 radical (unpaired) electrons. The number of aryl methyl sites for hydroxylation is 3. The van der Waals surface area contributed by atoms with Crippen molar-refractivity contribution in [3.05, 3.63) is 88.5 Å². The van der Waals surface area contributed by atoms with Crippen molar-refractivity contribution in [1.82, 2.24) is 14.9 Å². The zero-order valence-corrected chi connectivity index (χ0v) is 16.5. The fourth-order valence-corrected chi connectivity index (χ4v) is 3.17. The molecule has 0 saturated heterocycles. The summed E-state index contributed by atoms with van der Waals surface area (Å²) in [5, 5.41) is 3.17. The number of hydrogen-bond acceptors (Lipinski definition) is 2. The summed E-state index contributed by atoms with van der Waals surface area (Å²) in [6.07, 6.45) is 4.62. The molecule has 4 nitrogen and oxygen atoms in total. The number of rotatable bonds is 6. The number of nitrogens with zero attached hydrogens (tertiary/aromatic N) is 2. The summed E-state index contributed by atoms with van der Waals surface area (Å²) >= 11 is 0. The molecule has 1 aromatic heterocycles. The lowest BCUT2D eigenvalue weighted by Gasteiger charge is -2.19. The molecule has 0 aliphatic rings. The van der Waals surface area contributed by atoms with E-state index in [0.29, 0.717) is 5.56 Å². The van der Waals surface area contributed by atoms with Crippen molar-refractivity contribution < 1.29 is 4.79 Å². The summed E-state index contributed by atoms with van der Waals surface area (Å²) in [7, 11) is 0. The molecule has 0 fully saturated rings. The van der Waals surface area contributed by atoms with Gasteiger partial charge in [-0.3, -0.25) is 4.79 Å². The van der Waals surface area contributed by atoms with E-state index in [9.17, 15) is 4.79 Å². The van der Waals surface area contributed by atoms with Crippen LogP contribution < -0.4 is 5.32 Å². The number of amides is 1. The first-order valence-corrected chi connectivity index (χ1v) is 9.42. The van der Waals surface area contributed by atoms with Gasteiger partial charge in [-0.2, -0.15) is 0 Å². The normalized spacial score (nSPS) is 12.0. The van der Waals surface area contributed by atoms with Crippen molar-refractivity contribution in [2.75, 3.05) is 0 Å². The summed E-state index contributed by atoms with van der Waals surface area (Å²) in [6.45, 7) is 9.05. The molecule has 0 unspecified atom stereocenters. The Bertz CT molecular complexity index is 925. The Hall–Kier alpha value is -2.88. The zero-order chi connectivity index (χ0) is 19.4. The van der Waals surface area contributed by atoms with Gasteiger partial charge in [-0.05, 0) is 61.6 Å². The molecule has 1 heterocycles. The summed E-state index contributed by atoms with van der Waals surface area (Å²) < 4.78 is 2.09. The summed E-state index contributed by atoms with van der Waals surface area (Å²) in [6, 6.07) is 14.2. The second-order valence-corrected chi connectivity index (χ2v) is 7.08. The molecule has 1 atom stereocenters. The molecule has 0 saturated carbocycles. The van der Waals surface area contributed by atoms with Gasteiger partial charge < -0.3 is 9.88 Å². The van der Waals surface area contributed by atoms with E-state index in [2.05, 4.69) is 53.8 Å². The Labute approximate surface area is 161 Å². The Kier molecular flexibility index (Phi) is 5.75. The Balaban J connectivity index is 1.69. The molecule has 0 bridgehead atoms. The SMILES string of the molecule is CC[C@@H](NC(=O)c1ccc(Cn2ccnc2C)cc1)c1ccc(C)c(C)c1. The topological polar surface area (TPSA) is 46.9 Å². The molecule has 2 aromatic carbocycles. The highest BCUT2D eigenvalue weighted by Gasteiger charge is 2.14. The van der Waals surface area contributed by atoms with Crippen molar-refractivity contribution in [2.45, 2.75) is 46.7 Å². The lowest BCUT2D eigenvalue weighted by atomic mass is 9.99. The fraction of sp³-hybridized carbons (Fsp3) is 0.304. The molecular formula is C23H27N3O. The average Bonchev–Trinajstić information content (AvgIpc) is 3.07. The number of carbonyl (C=O) groups is 1. The number of benzene rings is 2. The molecule has 3 aromatic rings. The first-order valence-electron chi connectivity index (χ1n) is 9.42. The molecule has 4 heteroatoms. The summed E-state index contributed by atoms with van der Waals surface area (Å²) in [4.78, 5) is 16.9. The van der Waals surface area contributed by atoms with Gasteiger partial charge in [0, 0.05) is 24.5 Å². The van der Waals surface area contributed by atoms with Gasteiger partial charge in [-0.25, -0.2) is 4.98 Å². The standard InChI is InChI=1S/C23H27N3O/c1-5-22(21-9-6-16(2)17(3)14-21)25-23(27)20-10-7-19(8-11-20)15-26-13-12-24-18(26)4/h6-14,22H,5,15H2,1-4H3,(H,25,27)/t22-/m1/s1. The van der Waals surface area contributed by atoms with Crippen molar-refractivity contribution in [3.8, 4) is 0 Å². The van der Waals surface area contributed by atoms with Crippen LogP contribution in [0.5, 0.6) is 0 Å². The van der Waals surface area contributed by atoms with E-state index < -0.39 is 0 Å². The molecule has 1 amide bonds. The number of nitrogens with one attached hydrogen (secondary N) is 1. The van der Waals surface area contributed by atoms with Crippen molar-refractivity contribution >= 4 is 5.91 Å². The highest BCUT2D eigenvalue weighted by molar-refractivity contribution is 5.94. The third-order valence-electron chi connectivity index (χ3n) is 5.14. The van der Waals surface area contributed by atoms with Gasteiger partial charge >= 0.3 is 0 Å². The molecule has 0 aliphatic carbocycles. The average molecular weight is 361 g/mol. The van der Waals surface area contributed by atoms with Gasteiger partial charge in [0.15, 0.2) is 0 Å². The summed E-state index contributed by atoms with van der Waals surface area (Å²) in [5.41, 5.74) is 5.50. The number of hydrogen-bond donors (Lipinski definition) is 1. The van der Waals surface area contributed by atoms with E-state index in [1.165, 1.54) is 11.1 Å². The second-order valence-electron chi connectivity index (χ2n) is 7.08. The smallest absolute Gasteiger partial charge is 0.251 e. The van der Waals surface area contributed by atoms with Crippen molar-refractivity contribution in [2.24, 2.45) is 0 Å². The molecule has 0 spiro atoms. The predicted molar refractivity (Wildman–Crippen MR) is 109 cm³/mol. The quantitative estimate of drug-likeness (QED) is 0.689. The van der Waals surface area contributed by atoms with Gasteiger partial charge in [0.1, 0.15) is 5.82 Å². The van der Waals surface area contributed by atoms with Crippen LogP contribution in [0.4, 0.5) is 0 Å². The Morgan fingerprint density at radius 2 is 1.81 bits per heavy atom. The lowest BCUT2D eigenvalue weighted by molar-refractivity contribution is 0.0935. The van der Waals surface area contributed by atoms with E-state index in [4.69, 9.17) is 0 Å². The minimum Gasteiger partial charge on any atom is -0.345 e. The predicted octanol–water partition coefficient (Wildman–Crippen LogP) is 4.74. The van der Waals surface area contributed by atoms with E-state index in [1.54, 1.807) is 6.20 Å². The van der Waals surface area contributed by atoms with Crippen LogP contribution in [0, 0.1) is 20.8 Å². The van der Waals surface area contributed by atoms with Crippen LogP contribution in [0.2, 0.25) is 0 Å². The Morgan fingerprint density at radius 3 is 2.41 bits per heavy atom. The lowest BCUT2D eigenvalue weighted by Crippen LogP contribution is -2.28. The van der Waals surface area contributed by atoms with Crippen LogP contribution in [-0.4, -0.2) is 15.5 Å². The zero-order valence-electron chi connectivity index (χ0n) is 16.5. The van der Waals surface area contributed by atoms with Gasteiger partial charge in [0.2, 0.25) is 0 Å². The summed E-state index contributed by atoms with van der Waals surface area (Å²) in [5.74, 6) is 0.946. The van der Waals surface area contributed by atoms with E-state index in [-0.39, 0.29) is 11.9 Å². The second kappa shape index (κ2) is 8.21. The number of aromatic nitrogens is 2. The minimum absolute atomic E-state index is 0.0186. The highest BCUT2D eigenvalue weighted by atomic mass is 16.1. The largest absolute Gasteiger partial charge is 0.345 e. The molecule has 1 N–H and O–H groups in total. The van der Waals surface area contributed by atoms with Gasteiger partial charge in [-0.1, -0.05) is 37.3 Å². The first-order chi connectivity index (χ1) is 13.0. The van der Waals surface area contributed by atoms with E-state index >= 15 is 0 Å². The van der Waals surface area contributed by atoms with Crippen LogP contribution in [0.3, 0.4) is 0 Å². The van der Waals surface area contributed by atoms with Gasteiger partial charge in [-0.15, -0.1) is 0 Å². The molecule has 27 heavy (non-hydrogen) atoms. The van der Waals surface area contributed by atoms with Crippen molar-refractivity contribution in [1.29, 1.82) is 0 Å². The number of carbonyl (C=O) groups excluding carboxylic acids is 1. The maximum absolute atomic E-state index is 12.7. The molecule has 140 valence electrons. The van der Waals surface area contributed by atoms with E-state index in [0.717, 1.165) is 29.9 Å². The maximum atomic E-state index is 12.7. The van der Waals surface area contributed by atoms with Crippen molar-refractivity contribution in [3.63, 3.8) is 0 Å². The van der Waals surface area contributed by atoms with Crippen LogP contribution >= 0.6 is 0 Å².